The Morgan fingerprint density at radius 1 is 1.05 bits per heavy atom. The number of thioether (sulfide) groups is 1. The molecular formula is C17H18O3S2. The van der Waals surface area contributed by atoms with Crippen LogP contribution < -0.4 is 4.74 Å². The number of ether oxygens (including phenoxy) is 1. The van der Waals surface area contributed by atoms with Gasteiger partial charge >= 0.3 is 0 Å². The van der Waals surface area contributed by atoms with Crippen LogP contribution in [0, 0.1) is 0 Å². The van der Waals surface area contributed by atoms with Gasteiger partial charge in [0.2, 0.25) is 15.3 Å². The van der Waals surface area contributed by atoms with Crippen molar-refractivity contribution < 1.29 is 13.2 Å². The van der Waals surface area contributed by atoms with Crippen molar-refractivity contribution >= 4 is 21.6 Å². The molecule has 116 valence electrons. The van der Waals surface area contributed by atoms with Crippen LogP contribution in [-0.2, 0) is 9.84 Å². The van der Waals surface area contributed by atoms with Gasteiger partial charge in [-0.2, -0.15) is 11.8 Å². The maximum atomic E-state index is 12.8. The lowest BCUT2D eigenvalue weighted by Crippen LogP contribution is -2.28. The van der Waals surface area contributed by atoms with Crippen LogP contribution in [0.1, 0.15) is 12.8 Å². The van der Waals surface area contributed by atoms with Gasteiger partial charge in [-0.05, 0) is 30.7 Å². The van der Waals surface area contributed by atoms with Crippen molar-refractivity contribution in [2.75, 3.05) is 5.75 Å². The van der Waals surface area contributed by atoms with Gasteiger partial charge in [0.15, 0.2) is 0 Å². The van der Waals surface area contributed by atoms with Gasteiger partial charge in [0.25, 0.3) is 0 Å². The Morgan fingerprint density at radius 3 is 2.23 bits per heavy atom. The average molecular weight is 334 g/mol. The van der Waals surface area contributed by atoms with E-state index >= 15 is 0 Å². The summed E-state index contributed by atoms with van der Waals surface area (Å²) in [7, 11) is -3.50. The summed E-state index contributed by atoms with van der Waals surface area (Å²) >= 11 is 1.87. The molecule has 0 saturated carbocycles. The number of hydrogen-bond acceptors (Lipinski definition) is 4. The molecule has 5 heteroatoms. The number of para-hydroxylation sites is 1. The largest absolute Gasteiger partial charge is 0.474 e. The smallest absolute Gasteiger partial charge is 0.216 e. The molecule has 2 unspecified atom stereocenters. The van der Waals surface area contributed by atoms with Gasteiger partial charge in [-0.3, -0.25) is 0 Å². The van der Waals surface area contributed by atoms with E-state index in [1.807, 2.05) is 36.0 Å². The number of hydrogen-bond donors (Lipinski definition) is 0. The van der Waals surface area contributed by atoms with E-state index in [2.05, 4.69) is 0 Å². The molecule has 2 atom stereocenters. The summed E-state index contributed by atoms with van der Waals surface area (Å²) in [5.41, 5.74) is -0.835. The van der Waals surface area contributed by atoms with Gasteiger partial charge in [0, 0.05) is 17.4 Å². The van der Waals surface area contributed by atoms with Crippen LogP contribution in [0.4, 0.5) is 0 Å². The van der Waals surface area contributed by atoms with Crippen LogP contribution >= 0.6 is 11.8 Å². The molecular weight excluding hydrogens is 316 g/mol. The van der Waals surface area contributed by atoms with Crippen LogP contribution in [0.25, 0.3) is 0 Å². The van der Waals surface area contributed by atoms with Crippen LogP contribution in [0.2, 0.25) is 0 Å². The van der Waals surface area contributed by atoms with Gasteiger partial charge in [-0.15, -0.1) is 0 Å². The zero-order valence-electron chi connectivity index (χ0n) is 12.1. The molecule has 0 amide bonds. The second kappa shape index (κ2) is 6.75. The predicted molar refractivity (Wildman–Crippen MR) is 90.0 cm³/mol. The zero-order valence-corrected chi connectivity index (χ0v) is 13.7. The molecule has 1 aliphatic rings. The average Bonchev–Trinajstić information content (AvgIpc) is 3.37. The molecule has 0 spiro atoms. The fourth-order valence-electron chi connectivity index (χ4n) is 2.25. The molecule has 1 saturated heterocycles. The molecule has 0 N–H and O–H groups in total. The van der Waals surface area contributed by atoms with Crippen molar-refractivity contribution in [3.8, 4) is 5.75 Å². The highest BCUT2D eigenvalue weighted by Gasteiger charge is 2.32. The van der Waals surface area contributed by atoms with Crippen molar-refractivity contribution in [1.82, 2.24) is 0 Å². The van der Waals surface area contributed by atoms with Crippen LogP contribution in [-0.4, -0.2) is 24.9 Å². The summed E-state index contributed by atoms with van der Waals surface area (Å²) < 4.78 is 31.5. The van der Waals surface area contributed by atoms with Crippen LogP contribution in [0.3, 0.4) is 0 Å². The van der Waals surface area contributed by atoms with Gasteiger partial charge in [0.1, 0.15) is 5.75 Å². The van der Waals surface area contributed by atoms with Crippen molar-refractivity contribution in [1.29, 1.82) is 0 Å². The van der Waals surface area contributed by atoms with Gasteiger partial charge < -0.3 is 4.74 Å². The van der Waals surface area contributed by atoms with Gasteiger partial charge in [0.05, 0.1) is 4.90 Å². The lowest BCUT2D eigenvalue weighted by molar-refractivity contribution is 0.260. The number of rotatable bonds is 7. The van der Waals surface area contributed by atoms with Crippen molar-refractivity contribution in [3.63, 3.8) is 0 Å². The number of benzene rings is 2. The lowest BCUT2D eigenvalue weighted by Gasteiger charge is -2.19. The van der Waals surface area contributed by atoms with Gasteiger partial charge in [-0.25, -0.2) is 8.42 Å². The second-order valence-corrected chi connectivity index (χ2v) is 8.67. The van der Waals surface area contributed by atoms with Crippen LogP contribution in [0.5, 0.6) is 5.75 Å². The van der Waals surface area contributed by atoms with E-state index in [1.165, 1.54) is 0 Å². The quantitative estimate of drug-likeness (QED) is 0.723. The first-order valence-electron chi connectivity index (χ1n) is 7.28. The first-order valence-corrected chi connectivity index (χ1v) is 9.88. The Hall–Kier alpha value is -1.46. The fraction of sp³-hybridized carbons (Fsp3) is 0.294. The van der Waals surface area contributed by atoms with Crippen LogP contribution in [0.15, 0.2) is 65.6 Å². The minimum atomic E-state index is -3.50. The highest BCUT2D eigenvalue weighted by molar-refractivity contribution is 8.06. The van der Waals surface area contributed by atoms with Crippen molar-refractivity contribution in [3.05, 3.63) is 60.7 Å². The molecule has 0 radical (unpaired) electrons. The molecule has 22 heavy (non-hydrogen) atoms. The monoisotopic (exact) mass is 334 g/mol. The van der Waals surface area contributed by atoms with E-state index < -0.39 is 15.3 Å². The molecule has 2 aromatic rings. The SMILES string of the molecule is O=S(=O)(c1ccccc1)C(CCC1CS1)Oc1ccccc1. The summed E-state index contributed by atoms with van der Waals surface area (Å²) in [6.45, 7) is 0. The summed E-state index contributed by atoms with van der Waals surface area (Å²) in [6.07, 6.45) is 1.39. The Labute approximate surface area is 135 Å². The summed E-state index contributed by atoms with van der Waals surface area (Å²) in [5, 5.41) is 0.591. The Kier molecular flexibility index (Phi) is 4.74. The molecule has 0 aromatic heterocycles. The maximum Gasteiger partial charge on any atom is 0.216 e. The first-order chi connectivity index (χ1) is 10.7. The molecule has 3 nitrogen and oxygen atoms in total. The molecule has 1 fully saturated rings. The molecule has 2 aromatic carbocycles. The molecule has 3 rings (SSSR count). The van der Waals surface area contributed by atoms with E-state index in [9.17, 15) is 8.42 Å². The predicted octanol–water partition coefficient (Wildman–Crippen LogP) is 3.76. The minimum absolute atomic E-state index is 0.319. The maximum absolute atomic E-state index is 12.8. The van der Waals surface area contributed by atoms with E-state index in [0.717, 1.165) is 12.2 Å². The second-order valence-electron chi connectivity index (χ2n) is 5.25. The molecule has 0 bridgehead atoms. The molecule has 1 heterocycles. The topological polar surface area (TPSA) is 43.4 Å². The van der Waals surface area contributed by atoms with Crippen molar-refractivity contribution in [2.24, 2.45) is 0 Å². The highest BCUT2D eigenvalue weighted by atomic mass is 32.2. The first kappa shape index (κ1) is 15.4. The normalized spacial score (nSPS) is 18.6. The summed E-state index contributed by atoms with van der Waals surface area (Å²) in [4.78, 5) is 0.319. The Balaban J connectivity index is 1.83. The summed E-state index contributed by atoms with van der Waals surface area (Å²) in [5.74, 6) is 1.72. The fourth-order valence-corrected chi connectivity index (χ4v) is 4.38. The standard InChI is InChI=1S/C17H18O3S2/c18-22(19,16-9-5-2-6-10-16)17(12-11-15-13-21-15)20-14-7-3-1-4-8-14/h1-10,15,17H,11-13H2. The van der Waals surface area contributed by atoms with E-state index in [0.29, 0.717) is 22.3 Å². The third-order valence-electron chi connectivity index (χ3n) is 3.56. The minimum Gasteiger partial charge on any atom is -0.474 e. The van der Waals surface area contributed by atoms with Crippen molar-refractivity contribution in [2.45, 2.75) is 28.4 Å². The molecule has 0 aliphatic carbocycles. The summed E-state index contributed by atoms with van der Waals surface area (Å²) in [6, 6.07) is 17.7. The third-order valence-corrected chi connectivity index (χ3v) is 6.55. The van der Waals surface area contributed by atoms with Gasteiger partial charge in [-0.1, -0.05) is 36.4 Å². The highest BCUT2D eigenvalue weighted by Crippen LogP contribution is 2.35. The lowest BCUT2D eigenvalue weighted by atomic mass is 10.2. The van der Waals surface area contributed by atoms with E-state index in [1.54, 1.807) is 36.4 Å². The zero-order chi connectivity index (χ0) is 15.4. The van der Waals surface area contributed by atoms with E-state index in [4.69, 9.17) is 4.74 Å². The third kappa shape index (κ3) is 3.84. The van der Waals surface area contributed by atoms with E-state index in [-0.39, 0.29) is 0 Å². The Bertz CT molecular complexity index is 695. The number of sulfone groups is 1. The Morgan fingerprint density at radius 2 is 1.64 bits per heavy atom. The molecule has 1 aliphatic heterocycles.